The number of alkyl halides is 3. The summed E-state index contributed by atoms with van der Waals surface area (Å²) >= 11 is 0. The molecule has 0 aromatic carbocycles. The Bertz CT molecular complexity index is 389. The highest BCUT2D eigenvalue weighted by Crippen LogP contribution is 2.34. The van der Waals surface area contributed by atoms with E-state index in [1.54, 1.807) is 0 Å². The Hall–Kier alpha value is -1.30. The molecule has 0 spiro atoms. The molecule has 0 N–H and O–H groups in total. The normalized spacial score (nSPS) is 20.7. The summed E-state index contributed by atoms with van der Waals surface area (Å²) in [6.07, 6.45) is -1.31. The quantitative estimate of drug-likeness (QED) is 0.838. The first kappa shape index (κ1) is 13.1. The van der Waals surface area contributed by atoms with E-state index in [0.29, 0.717) is 13.2 Å². The van der Waals surface area contributed by atoms with Gasteiger partial charge in [-0.15, -0.1) is 0 Å². The number of ether oxygens (including phenoxy) is 2. The molecule has 1 fully saturated rings. The summed E-state index contributed by atoms with van der Waals surface area (Å²) in [7, 11) is 0. The van der Waals surface area contributed by atoms with Gasteiger partial charge in [-0.05, 0) is 25.0 Å². The highest BCUT2D eigenvalue weighted by atomic mass is 19.4. The van der Waals surface area contributed by atoms with Gasteiger partial charge < -0.3 is 9.47 Å². The lowest BCUT2D eigenvalue weighted by molar-refractivity contribution is -0.139. The maximum atomic E-state index is 12.7. The highest BCUT2D eigenvalue weighted by molar-refractivity contribution is 5.28. The van der Waals surface area contributed by atoms with Crippen molar-refractivity contribution in [1.82, 2.24) is 4.98 Å². The number of nitrogens with zero attached hydrogens (tertiary/aromatic N) is 1. The SMILES string of the molecule is FC(F)(F)c1cccnc1OC[C@H]1CCCOC1. The summed E-state index contributed by atoms with van der Waals surface area (Å²) < 4.78 is 48.4. The van der Waals surface area contributed by atoms with Gasteiger partial charge in [0.25, 0.3) is 0 Å². The van der Waals surface area contributed by atoms with E-state index in [0.717, 1.165) is 18.9 Å². The minimum absolute atomic E-state index is 0.141. The minimum Gasteiger partial charge on any atom is -0.477 e. The molecule has 18 heavy (non-hydrogen) atoms. The van der Waals surface area contributed by atoms with Gasteiger partial charge in [-0.25, -0.2) is 4.98 Å². The standard InChI is InChI=1S/C12H14F3NO2/c13-12(14,15)10-4-1-5-16-11(10)18-8-9-3-2-6-17-7-9/h1,4-5,9H,2-3,6-8H2/t9-/m0/s1. The third-order valence-electron chi connectivity index (χ3n) is 2.79. The first-order valence-electron chi connectivity index (χ1n) is 5.80. The second kappa shape index (κ2) is 5.56. The monoisotopic (exact) mass is 261 g/mol. The van der Waals surface area contributed by atoms with Gasteiger partial charge in [-0.1, -0.05) is 0 Å². The van der Waals surface area contributed by atoms with E-state index in [1.165, 1.54) is 12.3 Å². The van der Waals surface area contributed by atoms with Gasteiger partial charge in [0, 0.05) is 18.7 Å². The third kappa shape index (κ3) is 3.35. The fourth-order valence-corrected chi connectivity index (χ4v) is 1.86. The average Bonchev–Trinajstić information content (AvgIpc) is 2.37. The van der Waals surface area contributed by atoms with Gasteiger partial charge in [0.05, 0.1) is 13.2 Å². The van der Waals surface area contributed by atoms with Crippen LogP contribution in [0.2, 0.25) is 0 Å². The van der Waals surface area contributed by atoms with Crippen molar-refractivity contribution in [3.8, 4) is 5.88 Å². The summed E-state index contributed by atoms with van der Waals surface area (Å²) in [5, 5.41) is 0. The zero-order valence-electron chi connectivity index (χ0n) is 9.74. The summed E-state index contributed by atoms with van der Waals surface area (Å²) in [5.74, 6) is -0.211. The molecule has 0 bridgehead atoms. The molecule has 1 aliphatic heterocycles. The van der Waals surface area contributed by atoms with Crippen molar-refractivity contribution in [2.45, 2.75) is 19.0 Å². The number of pyridine rings is 1. The van der Waals surface area contributed by atoms with Crippen LogP contribution in [-0.4, -0.2) is 24.8 Å². The highest BCUT2D eigenvalue weighted by Gasteiger charge is 2.35. The predicted octanol–water partition coefficient (Wildman–Crippen LogP) is 2.91. The van der Waals surface area contributed by atoms with E-state index >= 15 is 0 Å². The Labute approximate surface area is 103 Å². The van der Waals surface area contributed by atoms with Gasteiger partial charge in [0.15, 0.2) is 0 Å². The van der Waals surface area contributed by atoms with Crippen molar-refractivity contribution in [1.29, 1.82) is 0 Å². The lowest BCUT2D eigenvalue weighted by Crippen LogP contribution is -2.24. The van der Waals surface area contributed by atoms with E-state index in [2.05, 4.69) is 4.98 Å². The summed E-state index contributed by atoms with van der Waals surface area (Å²) in [6, 6.07) is 2.22. The summed E-state index contributed by atoms with van der Waals surface area (Å²) in [5.41, 5.74) is -0.832. The molecule has 0 saturated carbocycles. The molecular formula is C12H14F3NO2. The zero-order chi connectivity index (χ0) is 13.0. The number of halogens is 3. The van der Waals surface area contributed by atoms with Crippen LogP contribution in [0.1, 0.15) is 18.4 Å². The van der Waals surface area contributed by atoms with Crippen LogP contribution in [0.5, 0.6) is 5.88 Å². The van der Waals surface area contributed by atoms with Crippen LogP contribution in [0.4, 0.5) is 13.2 Å². The first-order chi connectivity index (χ1) is 8.57. The van der Waals surface area contributed by atoms with Crippen molar-refractivity contribution < 1.29 is 22.6 Å². The molecule has 2 heterocycles. The van der Waals surface area contributed by atoms with Crippen LogP contribution in [0.15, 0.2) is 18.3 Å². The molecule has 0 amide bonds. The molecule has 1 aromatic heterocycles. The fourth-order valence-electron chi connectivity index (χ4n) is 1.86. The van der Waals surface area contributed by atoms with Crippen LogP contribution >= 0.6 is 0 Å². The molecule has 3 nitrogen and oxygen atoms in total. The molecule has 1 aliphatic rings. The summed E-state index contributed by atoms with van der Waals surface area (Å²) in [6.45, 7) is 1.46. The third-order valence-corrected chi connectivity index (χ3v) is 2.79. The van der Waals surface area contributed by atoms with Gasteiger partial charge in [-0.3, -0.25) is 0 Å². The van der Waals surface area contributed by atoms with Crippen LogP contribution in [-0.2, 0) is 10.9 Å². The number of hydrogen-bond acceptors (Lipinski definition) is 3. The van der Waals surface area contributed by atoms with Crippen LogP contribution in [0.3, 0.4) is 0 Å². The number of aromatic nitrogens is 1. The molecule has 100 valence electrons. The lowest BCUT2D eigenvalue weighted by atomic mass is 10.0. The van der Waals surface area contributed by atoms with Gasteiger partial charge in [0.2, 0.25) is 5.88 Å². The molecule has 0 unspecified atom stereocenters. The first-order valence-corrected chi connectivity index (χ1v) is 5.80. The molecular weight excluding hydrogens is 247 g/mol. The van der Waals surface area contributed by atoms with Crippen molar-refractivity contribution in [3.63, 3.8) is 0 Å². The van der Waals surface area contributed by atoms with E-state index in [-0.39, 0.29) is 18.4 Å². The van der Waals surface area contributed by atoms with Crippen molar-refractivity contribution >= 4 is 0 Å². The Balaban J connectivity index is 2.00. The Morgan fingerprint density at radius 2 is 2.28 bits per heavy atom. The molecule has 0 aliphatic carbocycles. The molecule has 2 rings (SSSR count). The Morgan fingerprint density at radius 3 is 2.94 bits per heavy atom. The summed E-state index contributed by atoms with van der Waals surface area (Å²) in [4.78, 5) is 3.65. The number of rotatable bonds is 3. The van der Waals surface area contributed by atoms with Gasteiger partial charge in [-0.2, -0.15) is 13.2 Å². The zero-order valence-corrected chi connectivity index (χ0v) is 9.74. The van der Waals surface area contributed by atoms with Gasteiger partial charge in [0.1, 0.15) is 5.56 Å². The van der Waals surface area contributed by atoms with E-state index < -0.39 is 11.7 Å². The van der Waals surface area contributed by atoms with Crippen molar-refractivity contribution in [2.24, 2.45) is 5.92 Å². The average molecular weight is 261 g/mol. The maximum Gasteiger partial charge on any atom is 0.421 e. The largest absolute Gasteiger partial charge is 0.477 e. The van der Waals surface area contributed by atoms with E-state index in [9.17, 15) is 13.2 Å². The second-order valence-corrected chi connectivity index (χ2v) is 4.25. The van der Waals surface area contributed by atoms with Crippen LogP contribution in [0, 0.1) is 5.92 Å². The number of hydrogen-bond donors (Lipinski definition) is 0. The van der Waals surface area contributed by atoms with Gasteiger partial charge >= 0.3 is 6.18 Å². The van der Waals surface area contributed by atoms with E-state index in [4.69, 9.17) is 9.47 Å². The Morgan fingerprint density at radius 1 is 1.44 bits per heavy atom. The second-order valence-electron chi connectivity index (χ2n) is 4.25. The minimum atomic E-state index is -4.44. The molecule has 6 heteroatoms. The van der Waals surface area contributed by atoms with Crippen LogP contribution < -0.4 is 4.74 Å². The molecule has 0 radical (unpaired) electrons. The topological polar surface area (TPSA) is 31.4 Å². The van der Waals surface area contributed by atoms with E-state index in [1.807, 2.05) is 0 Å². The Kier molecular flexibility index (Phi) is 4.06. The van der Waals surface area contributed by atoms with Crippen molar-refractivity contribution in [3.05, 3.63) is 23.9 Å². The lowest BCUT2D eigenvalue weighted by Gasteiger charge is -2.22. The molecule has 1 saturated heterocycles. The molecule has 1 aromatic rings. The predicted molar refractivity (Wildman–Crippen MR) is 58.3 cm³/mol. The maximum absolute atomic E-state index is 12.7. The van der Waals surface area contributed by atoms with Crippen LogP contribution in [0.25, 0.3) is 0 Å². The fraction of sp³-hybridized carbons (Fsp3) is 0.583. The smallest absolute Gasteiger partial charge is 0.421 e. The van der Waals surface area contributed by atoms with Crippen molar-refractivity contribution in [2.75, 3.05) is 19.8 Å². The molecule has 1 atom stereocenters.